The number of hydrogen-bond donors (Lipinski definition) is 0. The van der Waals surface area contributed by atoms with Gasteiger partial charge in [0.1, 0.15) is 11.6 Å². The Bertz CT molecular complexity index is 1580. The van der Waals surface area contributed by atoms with E-state index in [1.54, 1.807) is 23.7 Å². The Morgan fingerprint density at radius 1 is 0.973 bits per heavy atom. The molecule has 0 saturated carbocycles. The van der Waals surface area contributed by atoms with Gasteiger partial charge in [0.25, 0.3) is 0 Å². The van der Waals surface area contributed by atoms with Crippen molar-refractivity contribution >= 4 is 44.1 Å². The van der Waals surface area contributed by atoms with Crippen molar-refractivity contribution in [2.45, 2.75) is 11.8 Å². The van der Waals surface area contributed by atoms with Crippen LogP contribution in [-0.2, 0) is 14.8 Å². The van der Waals surface area contributed by atoms with Crippen LogP contribution in [0.2, 0.25) is 0 Å². The predicted octanol–water partition coefficient (Wildman–Crippen LogP) is 5.08. The maximum absolute atomic E-state index is 14.4. The number of halogens is 2. The topological polar surface area (TPSA) is 76.3 Å². The van der Waals surface area contributed by atoms with Crippen molar-refractivity contribution in [3.05, 3.63) is 87.4 Å². The summed E-state index contributed by atoms with van der Waals surface area (Å²) in [5.74, 6) is -1.41. The van der Waals surface area contributed by atoms with Crippen LogP contribution < -0.4 is 4.80 Å². The molecule has 1 aliphatic heterocycles. The molecule has 1 fully saturated rings. The van der Waals surface area contributed by atoms with Gasteiger partial charge in [-0.15, -0.1) is 22.7 Å². The van der Waals surface area contributed by atoms with Gasteiger partial charge in [0, 0.05) is 18.5 Å². The number of morpholine rings is 1. The Morgan fingerprint density at radius 2 is 1.68 bits per heavy atom. The first-order valence-electron chi connectivity index (χ1n) is 11.3. The zero-order valence-electron chi connectivity index (χ0n) is 19.7. The van der Waals surface area contributed by atoms with Gasteiger partial charge in [0.2, 0.25) is 14.8 Å². The van der Waals surface area contributed by atoms with Crippen LogP contribution >= 0.6 is 22.7 Å². The molecule has 0 unspecified atom stereocenters. The Balaban J connectivity index is 1.55. The molecule has 0 atom stereocenters. The number of sulfonamides is 1. The summed E-state index contributed by atoms with van der Waals surface area (Å²) >= 11 is 2.82. The minimum atomic E-state index is -3.62. The molecule has 0 radical (unpaired) electrons. The van der Waals surface area contributed by atoms with E-state index in [0.29, 0.717) is 36.8 Å². The second kappa shape index (κ2) is 10.8. The highest BCUT2D eigenvalue weighted by Crippen LogP contribution is 2.26. The van der Waals surface area contributed by atoms with Gasteiger partial charge in [-0.25, -0.2) is 26.9 Å². The zero-order chi connectivity index (χ0) is 26.0. The predicted molar refractivity (Wildman–Crippen MR) is 141 cm³/mol. The highest BCUT2D eigenvalue weighted by atomic mass is 32.2. The molecule has 192 valence electrons. The lowest BCUT2D eigenvalue weighted by atomic mass is 10.1. The highest BCUT2D eigenvalue weighted by Gasteiger charge is 2.26. The van der Waals surface area contributed by atoms with Crippen LogP contribution in [0.5, 0.6) is 0 Å². The number of thiophene rings is 1. The fourth-order valence-corrected chi connectivity index (χ4v) is 6.90. The van der Waals surface area contributed by atoms with Crippen LogP contribution in [0.4, 0.5) is 14.5 Å². The van der Waals surface area contributed by atoms with E-state index >= 15 is 0 Å². The number of thiazole rings is 1. The van der Waals surface area contributed by atoms with Gasteiger partial charge in [-0.2, -0.15) is 9.41 Å². The normalized spacial score (nSPS) is 15.9. The highest BCUT2D eigenvalue weighted by molar-refractivity contribution is 7.89. The summed E-state index contributed by atoms with van der Waals surface area (Å²) in [6.07, 6.45) is 0. The summed E-state index contributed by atoms with van der Waals surface area (Å²) in [7, 11) is -3.62. The molecule has 0 amide bonds. The fourth-order valence-electron chi connectivity index (χ4n) is 3.85. The third-order valence-electron chi connectivity index (χ3n) is 5.70. The monoisotopic (exact) mass is 560 g/mol. The first-order valence-corrected chi connectivity index (χ1v) is 14.5. The van der Waals surface area contributed by atoms with Crippen molar-refractivity contribution in [2.24, 2.45) is 10.1 Å². The van der Waals surface area contributed by atoms with E-state index in [2.05, 4.69) is 10.1 Å². The molecule has 5 rings (SSSR count). The summed E-state index contributed by atoms with van der Waals surface area (Å²) in [6, 6.07) is 13.8. The lowest BCUT2D eigenvalue weighted by molar-refractivity contribution is 0.0730. The van der Waals surface area contributed by atoms with Crippen molar-refractivity contribution in [3.8, 4) is 10.6 Å². The molecule has 4 aromatic rings. The van der Waals surface area contributed by atoms with E-state index in [1.165, 1.54) is 57.3 Å². The molecule has 1 aliphatic rings. The summed E-state index contributed by atoms with van der Waals surface area (Å²) in [4.78, 5) is 6.21. The van der Waals surface area contributed by atoms with Crippen molar-refractivity contribution < 1.29 is 21.9 Å². The van der Waals surface area contributed by atoms with Crippen molar-refractivity contribution in [1.82, 2.24) is 8.98 Å². The van der Waals surface area contributed by atoms with E-state index in [9.17, 15) is 17.2 Å². The van der Waals surface area contributed by atoms with E-state index in [4.69, 9.17) is 4.74 Å². The van der Waals surface area contributed by atoms with E-state index in [1.807, 2.05) is 22.9 Å². The first kappa shape index (κ1) is 25.6. The number of nitrogens with zero attached hydrogens (tertiary/aromatic N) is 4. The Morgan fingerprint density at radius 3 is 2.32 bits per heavy atom. The maximum Gasteiger partial charge on any atom is 0.243 e. The molecule has 1 saturated heterocycles. The molecule has 7 nitrogen and oxygen atoms in total. The van der Waals surface area contributed by atoms with Gasteiger partial charge in [-0.1, -0.05) is 12.1 Å². The van der Waals surface area contributed by atoms with Gasteiger partial charge < -0.3 is 4.74 Å². The first-order chi connectivity index (χ1) is 17.8. The van der Waals surface area contributed by atoms with E-state index < -0.39 is 21.7 Å². The van der Waals surface area contributed by atoms with E-state index in [0.717, 1.165) is 10.6 Å². The summed E-state index contributed by atoms with van der Waals surface area (Å²) in [5.41, 5.74) is 1.18. The lowest BCUT2D eigenvalue weighted by Gasteiger charge is -2.26. The van der Waals surface area contributed by atoms with Crippen molar-refractivity contribution in [2.75, 3.05) is 26.3 Å². The molecule has 0 bridgehead atoms. The van der Waals surface area contributed by atoms with Crippen molar-refractivity contribution in [3.63, 3.8) is 0 Å². The molecule has 0 spiro atoms. The Kier molecular flexibility index (Phi) is 7.45. The molecule has 12 heteroatoms. The lowest BCUT2D eigenvalue weighted by Crippen LogP contribution is -2.40. The Hall–Kier alpha value is -3.03. The van der Waals surface area contributed by atoms with Crippen LogP contribution in [0.3, 0.4) is 0 Å². The number of benzene rings is 2. The SMILES string of the molecule is CC(=Nn1c(-c2cccs2)csc1=Nc1ccc(S(=O)(=O)N2CCOCC2)cc1)c1c(F)cccc1F. The van der Waals surface area contributed by atoms with Gasteiger partial charge in [0.05, 0.1) is 45.6 Å². The average molecular weight is 561 g/mol. The number of hydrogen-bond acceptors (Lipinski definition) is 7. The summed E-state index contributed by atoms with van der Waals surface area (Å²) < 4.78 is 62.9. The molecule has 37 heavy (non-hydrogen) atoms. The minimum absolute atomic E-state index is 0.153. The quantitative estimate of drug-likeness (QED) is 0.309. The van der Waals surface area contributed by atoms with Crippen LogP contribution in [0, 0.1) is 11.6 Å². The third-order valence-corrected chi connectivity index (χ3v) is 9.32. The fraction of sp³-hybridized carbons (Fsp3) is 0.200. The zero-order valence-corrected chi connectivity index (χ0v) is 22.1. The van der Waals surface area contributed by atoms with Crippen molar-refractivity contribution in [1.29, 1.82) is 0 Å². The average Bonchev–Trinajstić information content (AvgIpc) is 3.55. The standard InChI is InChI=1S/C25H22F2N4O3S3/c1-17(24-20(26)4-2-5-21(24)27)29-31-22(23-6-3-15-35-23)16-36-25(31)28-18-7-9-19(10-8-18)37(32,33)30-11-13-34-14-12-30/h2-10,15-16H,11-14H2,1H3. The second-order valence-corrected chi connectivity index (χ2v) is 11.8. The number of rotatable bonds is 6. The molecule has 0 aliphatic carbocycles. The van der Waals surface area contributed by atoms with Crippen LogP contribution in [0.1, 0.15) is 12.5 Å². The maximum atomic E-state index is 14.4. The Labute approximate surface area is 220 Å². The van der Waals surface area contributed by atoms with Gasteiger partial charge in [0.15, 0.2) is 0 Å². The van der Waals surface area contributed by atoms with E-state index in [-0.39, 0.29) is 16.2 Å². The second-order valence-electron chi connectivity index (χ2n) is 8.10. The van der Waals surface area contributed by atoms with Crippen LogP contribution in [-0.4, -0.2) is 49.4 Å². The van der Waals surface area contributed by atoms with Crippen LogP contribution in [0.15, 0.2) is 80.3 Å². The molecule has 2 aromatic heterocycles. The van der Waals surface area contributed by atoms with Gasteiger partial charge in [-0.05, 0) is 54.8 Å². The largest absolute Gasteiger partial charge is 0.379 e. The minimum Gasteiger partial charge on any atom is -0.379 e. The molecule has 0 N–H and O–H groups in total. The smallest absolute Gasteiger partial charge is 0.243 e. The summed E-state index contributed by atoms with van der Waals surface area (Å²) in [6.45, 7) is 2.91. The summed E-state index contributed by atoms with van der Waals surface area (Å²) in [5, 5.41) is 8.34. The molecular formula is C25H22F2N4O3S3. The van der Waals surface area contributed by atoms with Crippen LogP contribution in [0.25, 0.3) is 10.6 Å². The van der Waals surface area contributed by atoms with Gasteiger partial charge in [-0.3, -0.25) is 0 Å². The molecule has 2 aromatic carbocycles. The third kappa shape index (κ3) is 5.34. The number of aromatic nitrogens is 1. The number of ether oxygens (including phenoxy) is 1. The molecule has 3 heterocycles. The van der Waals surface area contributed by atoms with Gasteiger partial charge >= 0.3 is 0 Å². The molecular weight excluding hydrogens is 538 g/mol.